The molecule has 30 heavy (non-hydrogen) atoms. The van der Waals surface area contributed by atoms with E-state index in [0.717, 1.165) is 5.56 Å². The topological polar surface area (TPSA) is 62.6 Å². The molecule has 0 fully saturated rings. The zero-order valence-corrected chi connectivity index (χ0v) is 16.7. The van der Waals surface area contributed by atoms with Crippen LogP contribution in [0.25, 0.3) is 16.6 Å². The minimum atomic E-state index is -0.592. The molecule has 0 saturated heterocycles. The van der Waals surface area contributed by atoms with E-state index in [1.165, 1.54) is 29.9 Å². The van der Waals surface area contributed by atoms with Crippen LogP contribution in [-0.2, 0) is 0 Å². The number of hydrogen-bond donors (Lipinski definition) is 0. The fraction of sp³-hybridized carbons (Fsp3) is 0.130. The van der Waals surface area contributed by atoms with Crippen molar-refractivity contribution in [3.05, 3.63) is 82.7 Å². The van der Waals surface area contributed by atoms with Gasteiger partial charge in [-0.05, 0) is 42.8 Å². The van der Waals surface area contributed by atoms with Crippen LogP contribution in [-0.4, -0.2) is 23.8 Å². The molecule has 0 spiro atoms. The first kappa shape index (κ1) is 19.4. The maximum Gasteiger partial charge on any atom is 0.255 e. The molecule has 152 valence electrons. The van der Waals surface area contributed by atoms with Crippen LogP contribution in [0.3, 0.4) is 0 Å². The first-order valence-corrected chi connectivity index (χ1v) is 9.18. The van der Waals surface area contributed by atoms with Gasteiger partial charge in [0.2, 0.25) is 0 Å². The second-order valence-corrected chi connectivity index (χ2v) is 6.66. The number of methoxy groups -OCH3 is 2. The van der Waals surface area contributed by atoms with Gasteiger partial charge in [0, 0.05) is 36.0 Å². The van der Waals surface area contributed by atoms with Crippen LogP contribution in [0.4, 0.5) is 4.39 Å². The molecule has 0 aliphatic heterocycles. The largest absolute Gasteiger partial charge is 0.493 e. The summed E-state index contributed by atoms with van der Waals surface area (Å²) in [6.07, 6.45) is 3.19. The third-order valence-electron chi connectivity index (χ3n) is 4.70. The minimum Gasteiger partial charge on any atom is -0.493 e. The summed E-state index contributed by atoms with van der Waals surface area (Å²) in [5.41, 5.74) is 1.64. The lowest BCUT2D eigenvalue weighted by Crippen LogP contribution is -2.16. The van der Waals surface area contributed by atoms with E-state index in [1.54, 1.807) is 49.8 Å². The third kappa shape index (κ3) is 3.57. The van der Waals surface area contributed by atoms with Crippen molar-refractivity contribution in [3.8, 4) is 28.7 Å². The SMILES string of the molecule is COc1cc2nccc(Oc3ccc(-n4ccc(C)cc4=O)cc3F)c2cc1OC. The van der Waals surface area contributed by atoms with Crippen LogP contribution in [0.2, 0.25) is 0 Å². The number of nitrogens with zero attached hydrogens (tertiary/aromatic N) is 2. The molecule has 0 aliphatic rings. The highest BCUT2D eigenvalue weighted by molar-refractivity contribution is 5.88. The molecule has 4 aromatic rings. The van der Waals surface area contributed by atoms with Gasteiger partial charge in [0.1, 0.15) is 5.75 Å². The number of pyridine rings is 2. The summed E-state index contributed by atoms with van der Waals surface area (Å²) in [6, 6.07) is 12.8. The lowest BCUT2D eigenvalue weighted by Gasteiger charge is -2.13. The van der Waals surface area contributed by atoms with Gasteiger partial charge >= 0.3 is 0 Å². The van der Waals surface area contributed by atoms with E-state index in [4.69, 9.17) is 14.2 Å². The lowest BCUT2D eigenvalue weighted by atomic mass is 10.1. The molecule has 2 aromatic carbocycles. The van der Waals surface area contributed by atoms with Gasteiger partial charge in [-0.2, -0.15) is 0 Å². The second-order valence-electron chi connectivity index (χ2n) is 6.66. The van der Waals surface area contributed by atoms with Gasteiger partial charge in [-0.3, -0.25) is 14.3 Å². The standard InChI is InChI=1S/C23H19FN2O4/c1-14-7-9-26(23(27)10-14)15-4-5-20(17(24)11-15)30-19-6-8-25-18-13-22(29-3)21(28-2)12-16(18)19/h4-13H,1-3H3. The van der Waals surface area contributed by atoms with Gasteiger partial charge in [0.05, 0.1) is 25.4 Å². The van der Waals surface area contributed by atoms with Crippen molar-refractivity contribution in [1.82, 2.24) is 9.55 Å². The molecule has 0 amide bonds. The van der Waals surface area contributed by atoms with Crippen LogP contribution in [0.5, 0.6) is 23.0 Å². The normalized spacial score (nSPS) is 10.8. The van der Waals surface area contributed by atoms with E-state index in [-0.39, 0.29) is 11.3 Å². The number of halogens is 1. The predicted molar refractivity (Wildman–Crippen MR) is 112 cm³/mol. The van der Waals surface area contributed by atoms with Crippen molar-refractivity contribution in [3.63, 3.8) is 0 Å². The van der Waals surface area contributed by atoms with Gasteiger partial charge < -0.3 is 14.2 Å². The Labute approximate surface area is 172 Å². The lowest BCUT2D eigenvalue weighted by molar-refractivity contribution is 0.355. The Morgan fingerprint density at radius 3 is 2.37 bits per heavy atom. The Hall–Kier alpha value is -3.87. The molecule has 0 bridgehead atoms. The van der Waals surface area contributed by atoms with Crippen molar-refractivity contribution < 1.29 is 18.6 Å². The fourth-order valence-corrected chi connectivity index (χ4v) is 3.17. The molecule has 2 heterocycles. The number of aryl methyl sites for hydroxylation is 1. The third-order valence-corrected chi connectivity index (χ3v) is 4.70. The maximum atomic E-state index is 14.8. The molecule has 0 aliphatic carbocycles. The molecule has 0 atom stereocenters. The Kier molecular flexibility index (Phi) is 5.10. The number of hydrogen-bond acceptors (Lipinski definition) is 5. The highest BCUT2D eigenvalue weighted by Gasteiger charge is 2.14. The molecule has 0 radical (unpaired) electrons. The van der Waals surface area contributed by atoms with Crippen LogP contribution in [0.1, 0.15) is 5.56 Å². The quantitative estimate of drug-likeness (QED) is 0.483. The van der Waals surface area contributed by atoms with Crippen LogP contribution < -0.4 is 19.8 Å². The van der Waals surface area contributed by atoms with E-state index >= 15 is 0 Å². The van der Waals surface area contributed by atoms with Crippen LogP contribution in [0, 0.1) is 12.7 Å². The highest BCUT2D eigenvalue weighted by atomic mass is 19.1. The molecule has 7 heteroatoms. The summed E-state index contributed by atoms with van der Waals surface area (Å²) in [4.78, 5) is 16.5. The summed E-state index contributed by atoms with van der Waals surface area (Å²) in [7, 11) is 3.08. The molecule has 0 N–H and O–H groups in total. The molecule has 0 unspecified atom stereocenters. The summed E-state index contributed by atoms with van der Waals surface area (Å²) >= 11 is 0. The Morgan fingerprint density at radius 1 is 0.900 bits per heavy atom. The van der Waals surface area contributed by atoms with Gasteiger partial charge in [-0.1, -0.05) is 0 Å². The summed E-state index contributed by atoms with van der Waals surface area (Å²) < 4.78 is 32.6. The first-order chi connectivity index (χ1) is 14.5. The average molecular weight is 406 g/mol. The zero-order chi connectivity index (χ0) is 21.3. The number of rotatable bonds is 5. The molecular formula is C23H19FN2O4. The number of ether oxygens (including phenoxy) is 3. The molecule has 0 saturated carbocycles. The summed E-state index contributed by atoms with van der Waals surface area (Å²) in [6.45, 7) is 1.83. The number of aromatic nitrogens is 2. The molecule has 4 rings (SSSR count). The van der Waals surface area contributed by atoms with Crippen molar-refractivity contribution in [2.24, 2.45) is 0 Å². The van der Waals surface area contributed by atoms with E-state index in [1.807, 2.05) is 6.92 Å². The molecule has 6 nitrogen and oxygen atoms in total. The fourth-order valence-electron chi connectivity index (χ4n) is 3.17. The minimum absolute atomic E-state index is 0.0289. The monoisotopic (exact) mass is 406 g/mol. The molecule has 2 aromatic heterocycles. The second kappa shape index (κ2) is 7.87. The van der Waals surface area contributed by atoms with Crippen molar-refractivity contribution in [1.29, 1.82) is 0 Å². The highest BCUT2D eigenvalue weighted by Crippen LogP contribution is 2.37. The van der Waals surface area contributed by atoms with Gasteiger partial charge in [0.15, 0.2) is 23.1 Å². The van der Waals surface area contributed by atoms with E-state index in [0.29, 0.717) is 33.8 Å². The smallest absolute Gasteiger partial charge is 0.255 e. The van der Waals surface area contributed by atoms with Crippen LogP contribution in [0.15, 0.2) is 65.7 Å². The van der Waals surface area contributed by atoms with E-state index in [2.05, 4.69) is 4.98 Å². The van der Waals surface area contributed by atoms with Crippen LogP contribution >= 0.6 is 0 Å². The Morgan fingerprint density at radius 2 is 1.67 bits per heavy atom. The summed E-state index contributed by atoms with van der Waals surface area (Å²) in [5, 5.41) is 0.647. The van der Waals surface area contributed by atoms with Crippen molar-refractivity contribution >= 4 is 10.9 Å². The van der Waals surface area contributed by atoms with Crippen molar-refractivity contribution in [2.45, 2.75) is 6.92 Å². The van der Waals surface area contributed by atoms with Crippen molar-refractivity contribution in [2.75, 3.05) is 14.2 Å². The van der Waals surface area contributed by atoms with Gasteiger partial charge in [0.25, 0.3) is 5.56 Å². The molecular weight excluding hydrogens is 387 g/mol. The average Bonchev–Trinajstić information content (AvgIpc) is 2.74. The Balaban J connectivity index is 1.72. The maximum absolute atomic E-state index is 14.8. The number of benzene rings is 2. The first-order valence-electron chi connectivity index (χ1n) is 9.18. The summed E-state index contributed by atoms with van der Waals surface area (Å²) in [5.74, 6) is 0.901. The van der Waals surface area contributed by atoms with Gasteiger partial charge in [-0.25, -0.2) is 4.39 Å². The predicted octanol–water partition coefficient (Wildman–Crippen LogP) is 4.64. The Bertz CT molecular complexity index is 1300. The van der Waals surface area contributed by atoms with Gasteiger partial charge in [-0.15, -0.1) is 0 Å². The van der Waals surface area contributed by atoms with E-state index in [9.17, 15) is 9.18 Å². The number of fused-ring (bicyclic) bond motifs is 1. The zero-order valence-electron chi connectivity index (χ0n) is 16.7. The van der Waals surface area contributed by atoms with E-state index < -0.39 is 5.82 Å².